The molecule has 12 heteroatoms. The van der Waals surface area contributed by atoms with Gasteiger partial charge in [0.15, 0.2) is 0 Å². The van der Waals surface area contributed by atoms with Crippen LogP contribution in [0.5, 0.6) is 6.01 Å². The maximum atomic E-state index is 14.6. The average Bonchev–Trinajstić information content (AvgIpc) is 3.53. The van der Waals surface area contributed by atoms with E-state index in [1.165, 1.54) is 6.07 Å². The molecule has 2 aromatic carbocycles. The number of rotatable bonds is 7. The number of nitrogens with zero attached hydrogens (tertiary/aromatic N) is 7. The fourth-order valence-corrected chi connectivity index (χ4v) is 7.52. The van der Waals surface area contributed by atoms with E-state index in [4.69, 9.17) is 31.0 Å². The Morgan fingerprint density at radius 3 is 2.67 bits per heavy atom. The maximum Gasteiger partial charge on any atom is 0.410 e. The Kier molecular flexibility index (Phi) is 9.86. The zero-order valence-electron chi connectivity index (χ0n) is 28.5. The van der Waals surface area contributed by atoms with Crippen molar-refractivity contribution in [2.45, 2.75) is 90.6 Å². The minimum Gasteiger partial charge on any atom is -0.462 e. The number of fused-ring (bicyclic) bond motifs is 2. The summed E-state index contributed by atoms with van der Waals surface area (Å²) in [5.41, 5.74) is 2.06. The standard InChI is InChI=1S/C36H45ClFN7O3/c1-23(2)44-16-7-9-26(44)22-47-34-40-29-21-42(30-10-6-8-24-11-12-28(38)32(37)31(24)30)17-14-27(29)33(41-34)43-18-19-45(25(20-43)13-15-39)35(46)48-36(3,4)5/h6,8,10-12,23,25-26H,7,9,13-14,16-22H2,1-5H3/t25-,26-/m0/s1. The van der Waals surface area contributed by atoms with E-state index in [9.17, 15) is 14.4 Å². The largest absolute Gasteiger partial charge is 0.462 e. The first-order valence-electron chi connectivity index (χ1n) is 16.9. The molecule has 3 aliphatic rings. The second-order valence-electron chi connectivity index (χ2n) is 14.2. The number of benzene rings is 2. The molecule has 48 heavy (non-hydrogen) atoms. The Bertz CT molecular complexity index is 1710. The molecule has 0 unspecified atom stereocenters. The molecule has 2 atom stereocenters. The van der Waals surface area contributed by atoms with Crippen molar-refractivity contribution in [3.63, 3.8) is 0 Å². The Labute approximate surface area is 287 Å². The minimum atomic E-state index is -0.639. The quantitative estimate of drug-likeness (QED) is 0.275. The molecule has 3 aliphatic heterocycles. The number of amides is 1. The van der Waals surface area contributed by atoms with Gasteiger partial charge in [0, 0.05) is 54.9 Å². The predicted molar refractivity (Wildman–Crippen MR) is 185 cm³/mol. The number of carbonyl (C=O) groups excluding carboxylic acids is 1. The van der Waals surface area contributed by atoms with Crippen molar-refractivity contribution in [2.24, 2.45) is 0 Å². The van der Waals surface area contributed by atoms with Crippen LogP contribution in [0.1, 0.15) is 65.1 Å². The van der Waals surface area contributed by atoms with E-state index in [0.29, 0.717) is 63.2 Å². The highest BCUT2D eigenvalue weighted by Gasteiger charge is 2.36. The Morgan fingerprint density at radius 2 is 1.92 bits per heavy atom. The van der Waals surface area contributed by atoms with Crippen molar-refractivity contribution < 1.29 is 18.7 Å². The van der Waals surface area contributed by atoms with Gasteiger partial charge in [0.2, 0.25) is 0 Å². The zero-order valence-corrected chi connectivity index (χ0v) is 29.3. The molecule has 2 fully saturated rings. The molecule has 0 bridgehead atoms. The van der Waals surface area contributed by atoms with Crippen molar-refractivity contribution in [3.8, 4) is 12.1 Å². The zero-order chi connectivity index (χ0) is 34.2. The molecule has 256 valence electrons. The number of nitriles is 1. The molecule has 0 radical (unpaired) electrons. The van der Waals surface area contributed by atoms with Gasteiger partial charge in [0.05, 0.1) is 35.8 Å². The van der Waals surface area contributed by atoms with Crippen LogP contribution in [0.3, 0.4) is 0 Å². The molecular formula is C36H45ClFN7O3. The van der Waals surface area contributed by atoms with Gasteiger partial charge in [-0.2, -0.15) is 15.2 Å². The van der Waals surface area contributed by atoms with E-state index in [2.05, 4.69) is 34.6 Å². The maximum absolute atomic E-state index is 14.6. The van der Waals surface area contributed by atoms with Crippen molar-refractivity contribution in [3.05, 3.63) is 52.4 Å². The van der Waals surface area contributed by atoms with Crippen molar-refractivity contribution in [2.75, 3.05) is 49.1 Å². The lowest BCUT2D eigenvalue weighted by Crippen LogP contribution is -2.56. The second-order valence-corrected chi connectivity index (χ2v) is 14.6. The van der Waals surface area contributed by atoms with Crippen LogP contribution in [-0.2, 0) is 17.7 Å². The van der Waals surface area contributed by atoms with Crippen LogP contribution in [0.4, 0.5) is 20.7 Å². The third-order valence-electron chi connectivity index (χ3n) is 9.50. The number of halogens is 2. The van der Waals surface area contributed by atoms with Crippen LogP contribution in [-0.4, -0.2) is 88.9 Å². The van der Waals surface area contributed by atoms with Crippen LogP contribution in [0.2, 0.25) is 5.02 Å². The van der Waals surface area contributed by atoms with Gasteiger partial charge in [-0.3, -0.25) is 4.90 Å². The molecule has 10 nitrogen and oxygen atoms in total. The van der Waals surface area contributed by atoms with Gasteiger partial charge >= 0.3 is 12.1 Å². The fourth-order valence-electron chi connectivity index (χ4n) is 7.25. The first-order valence-corrected chi connectivity index (χ1v) is 17.3. The molecule has 0 aliphatic carbocycles. The molecule has 0 N–H and O–H groups in total. The molecular weight excluding hydrogens is 633 g/mol. The van der Waals surface area contributed by atoms with Gasteiger partial charge in [0.1, 0.15) is 23.8 Å². The van der Waals surface area contributed by atoms with E-state index < -0.39 is 17.5 Å². The summed E-state index contributed by atoms with van der Waals surface area (Å²) in [6, 6.07) is 11.9. The number of aromatic nitrogens is 2. The van der Waals surface area contributed by atoms with Crippen LogP contribution in [0.15, 0.2) is 30.3 Å². The summed E-state index contributed by atoms with van der Waals surface area (Å²) in [5.74, 6) is 0.324. The molecule has 3 aromatic rings. The first kappa shape index (κ1) is 34.0. The summed E-state index contributed by atoms with van der Waals surface area (Å²) in [7, 11) is 0. The number of piperazine rings is 1. The average molecular weight is 678 g/mol. The molecule has 6 rings (SSSR count). The van der Waals surface area contributed by atoms with Crippen LogP contribution >= 0.6 is 11.6 Å². The van der Waals surface area contributed by atoms with E-state index in [-0.39, 0.29) is 23.5 Å². The molecule has 2 saturated heterocycles. The van der Waals surface area contributed by atoms with Crippen molar-refractivity contribution in [1.82, 2.24) is 19.8 Å². The monoisotopic (exact) mass is 677 g/mol. The van der Waals surface area contributed by atoms with Crippen molar-refractivity contribution in [1.29, 1.82) is 5.26 Å². The Morgan fingerprint density at radius 1 is 1.10 bits per heavy atom. The second kappa shape index (κ2) is 13.9. The predicted octanol–water partition coefficient (Wildman–Crippen LogP) is 6.58. The fraction of sp³-hybridized carbons (Fsp3) is 0.556. The summed E-state index contributed by atoms with van der Waals surface area (Å²) in [6.07, 6.45) is 2.60. The number of carbonyl (C=O) groups is 1. The smallest absolute Gasteiger partial charge is 0.410 e. The summed E-state index contributed by atoms with van der Waals surface area (Å²) >= 11 is 6.53. The number of likely N-dealkylation sites (tertiary alicyclic amines) is 1. The Hall–Kier alpha value is -3.88. The lowest BCUT2D eigenvalue weighted by molar-refractivity contribution is 0.0144. The van der Waals surface area contributed by atoms with Gasteiger partial charge in [-0.05, 0) is 77.9 Å². The number of hydrogen-bond donors (Lipinski definition) is 0. The summed E-state index contributed by atoms with van der Waals surface area (Å²) in [4.78, 5) is 31.6. The van der Waals surface area contributed by atoms with E-state index in [1.54, 1.807) is 11.0 Å². The lowest BCUT2D eigenvalue weighted by Gasteiger charge is -2.42. The summed E-state index contributed by atoms with van der Waals surface area (Å²) < 4.78 is 26.7. The highest BCUT2D eigenvalue weighted by Crippen LogP contribution is 2.38. The van der Waals surface area contributed by atoms with E-state index in [1.807, 2.05) is 39.0 Å². The summed E-state index contributed by atoms with van der Waals surface area (Å²) in [5, 5.41) is 11.4. The van der Waals surface area contributed by atoms with Crippen LogP contribution in [0, 0.1) is 17.1 Å². The first-order chi connectivity index (χ1) is 22.9. The van der Waals surface area contributed by atoms with Gasteiger partial charge in [-0.25, -0.2) is 9.18 Å². The minimum absolute atomic E-state index is 0.110. The Balaban J connectivity index is 1.33. The molecule has 1 aromatic heterocycles. The van der Waals surface area contributed by atoms with E-state index >= 15 is 0 Å². The molecule has 1 amide bonds. The van der Waals surface area contributed by atoms with Crippen molar-refractivity contribution >= 4 is 40.0 Å². The lowest BCUT2D eigenvalue weighted by atomic mass is 10.0. The highest BCUT2D eigenvalue weighted by molar-refractivity contribution is 6.36. The molecule has 4 heterocycles. The van der Waals surface area contributed by atoms with Crippen LogP contribution in [0.25, 0.3) is 10.8 Å². The van der Waals surface area contributed by atoms with Crippen LogP contribution < -0.4 is 14.5 Å². The van der Waals surface area contributed by atoms with E-state index in [0.717, 1.165) is 47.5 Å². The summed E-state index contributed by atoms with van der Waals surface area (Å²) in [6.45, 7) is 13.9. The highest BCUT2D eigenvalue weighted by atomic mass is 35.5. The number of ether oxygens (including phenoxy) is 2. The SMILES string of the molecule is CC(C)N1CCC[C@H]1COc1nc2c(c(N3CCN(C(=O)OC(C)(C)C)[C@@H](CC#N)C3)n1)CCN(c1cccc3ccc(F)c(Cl)c13)C2. The van der Waals surface area contributed by atoms with Gasteiger partial charge in [-0.15, -0.1) is 0 Å². The van der Waals surface area contributed by atoms with Gasteiger partial charge < -0.3 is 24.2 Å². The topological polar surface area (TPSA) is 98.1 Å². The molecule has 0 saturated carbocycles. The normalized spacial score (nSPS) is 20.3. The van der Waals surface area contributed by atoms with Gasteiger partial charge in [0.25, 0.3) is 0 Å². The number of anilines is 2. The molecule has 0 spiro atoms. The third-order valence-corrected chi connectivity index (χ3v) is 9.87. The van der Waals surface area contributed by atoms with Gasteiger partial charge in [-0.1, -0.05) is 29.8 Å². The number of hydrogen-bond acceptors (Lipinski definition) is 9. The third kappa shape index (κ3) is 7.10.